The molecule has 11 heteroatoms. The van der Waals surface area contributed by atoms with Gasteiger partial charge in [-0.1, -0.05) is 35.5 Å². The molecule has 1 fully saturated rings. The van der Waals surface area contributed by atoms with Gasteiger partial charge in [0.25, 0.3) is 5.91 Å². The molecule has 2 aromatic carbocycles. The first kappa shape index (κ1) is 26.6. The van der Waals surface area contributed by atoms with Crippen LogP contribution in [-0.4, -0.2) is 49.3 Å². The molecule has 0 aliphatic carbocycles. The Morgan fingerprint density at radius 1 is 1.13 bits per heavy atom. The van der Waals surface area contributed by atoms with Crippen molar-refractivity contribution in [3.05, 3.63) is 75.6 Å². The molecule has 3 N–H and O–H groups in total. The van der Waals surface area contributed by atoms with Gasteiger partial charge < -0.3 is 25.3 Å². The van der Waals surface area contributed by atoms with E-state index in [0.717, 1.165) is 22.2 Å². The molecule has 2 heterocycles. The van der Waals surface area contributed by atoms with Gasteiger partial charge in [0.05, 0.1) is 55.9 Å². The molecule has 2 aliphatic heterocycles. The maximum atomic E-state index is 13.9. The highest BCUT2D eigenvalue weighted by Crippen LogP contribution is 2.51. The minimum atomic E-state index is -0.963. The number of thioether (sulfide) groups is 1. The summed E-state index contributed by atoms with van der Waals surface area (Å²) >= 11 is 1.04. The number of esters is 1. The number of nitrogens with zero attached hydrogens (tertiary/aromatic N) is 2. The van der Waals surface area contributed by atoms with Gasteiger partial charge in [0.2, 0.25) is 5.91 Å². The minimum absolute atomic E-state index is 0.000981. The van der Waals surface area contributed by atoms with Gasteiger partial charge in [0.15, 0.2) is 0 Å². The number of nitrogens with two attached hydrogens (primary N) is 1. The predicted octanol–water partition coefficient (Wildman–Crippen LogP) is 3.16. The molecule has 2 aromatic rings. The molecule has 0 spiro atoms. The summed E-state index contributed by atoms with van der Waals surface area (Å²) in [5.74, 6) is -1.82. The van der Waals surface area contributed by atoms with Crippen LogP contribution in [0, 0.1) is 18.3 Å². The topological polar surface area (TPSA) is 144 Å². The predicted molar refractivity (Wildman–Crippen MR) is 141 cm³/mol. The molecule has 2 aliphatic rings. The Kier molecular flexibility index (Phi) is 7.64. The van der Waals surface area contributed by atoms with E-state index in [0.29, 0.717) is 22.7 Å². The van der Waals surface area contributed by atoms with Crippen LogP contribution in [0.3, 0.4) is 0 Å². The van der Waals surface area contributed by atoms with Crippen LogP contribution < -0.4 is 20.5 Å². The zero-order valence-electron chi connectivity index (χ0n) is 21.2. The van der Waals surface area contributed by atoms with Gasteiger partial charge in [-0.25, -0.2) is 0 Å². The average Bonchev–Trinajstić information content (AvgIpc) is 3.24. The molecular weight excluding hydrogens is 508 g/mol. The molecule has 4 rings (SSSR count). The first-order valence-electron chi connectivity index (χ1n) is 11.5. The normalized spacial score (nSPS) is 18.6. The van der Waals surface area contributed by atoms with Crippen molar-refractivity contribution in [1.82, 2.24) is 4.90 Å². The van der Waals surface area contributed by atoms with Crippen LogP contribution in [0.25, 0.3) is 0 Å². The van der Waals surface area contributed by atoms with E-state index in [1.165, 1.54) is 21.3 Å². The van der Waals surface area contributed by atoms with Gasteiger partial charge in [-0.05, 0) is 25.1 Å². The van der Waals surface area contributed by atoms with Crippen molar-refractivity contribution < 1.29 is 28.6 Å². The third-order valence-corrected chi connectivity index (χ3v) is 7.56. The van der Waals surface area contributed by atoms with Crippen molar-refractivity contribution >= 4 is 35.2 Å². The van der Waals surface area contributed by atoms with Gasteiger partial charge in [0.1, 0.15) is 22.6 Å². The van der Waals surface area contributed by atoms with E-state index >= 15 is 0 Å². The van der Waals surface area contributed by atoms with Crippen LogP contribution in [0.5, 0.6) is 11.5 Å². The Morgan fingerprint density at radius 3 is 2.45 bits per heavy atom. The zero-order chi connectivity index (χ0) is 27.6. The fraction of sp³-hybridized carbons (Fsp3) is 0.259. The van der Waals surface area contributed by atoms with Gasteiger partial charge in [-0.2, -0.15) is 5.26 Å². The van der Waals surface area contributed by atoms with E-state index in [-0.39, 0.29) is 28.4 Å². The molecule has 10 nitrogen and oxygen atoms in total. The monoisotopic (exact) mass is 534 g/mol. The molecule has 0 bridgehead atoms. The minimum Gasteiger partial charge on any atom is -0.497 e. The number of ether oxygens (including phenoxy) is 3. The number of amides is 2. The van der Waals surface area contributed by atoms with Crippen molar-refractivity contribution in [1.29, 1.82) is 5.26 Å². The van der Waals surface area contributed by atoms with Gasteiger partial charge in [0, 0.05) is 17.3 Å². The lowest BCUT2D eigenvalue weighted by molar-refractivity contribution is -0.142. The summed E-state index contributed by atoms with van der Waals surface area (Å²) in [5.41, 5.74) is 8.56. The number of hydrogen-bond donors (Lipinski definition) is 2. The molecule has 38 heavy (non-hydrogen) atoms. The number of hydrogen-bond acceptors (Lipinski definition) is 9. The third kappa shape index (κ3) is 4.78. The van der Waals surface area contributed by atoms with Gasteiger partial charge in [-0.15, -0.1) is 0 Å². The quantitative estimate of drug-likeness (QED) is 0.512. The van der Waals surface area contributed by atoms with Crippen LogP contribution in [0.1, 0.15) is 23.5 Å². The van der Waals surface area contributed by atoms with Crippen LogP contribution in [-0.2, 0) is 19.1 Å². The van der Waals surface area contributed by atoms with Crippen molar-refractivity contribution in [2.45, 2.75) is 24.5 Å². The van der Waals surface area contributed by atoms with E-state index < -0.39 is 29.0 Å². The van der Waals surface area contributed by atoms with E-state index in [1.807, 2.05) is 19.1 Å². The van der Waals surface area contributed by atoms with Crippen LogP contribution >= 0.6 is 11.8 Å². The summed E-state index contributed by atoms with van der Waals surface area (Å²) in [6.07, 6.45) is -0.224. The van der Waals surface area contributed by atoms with Crippen molar-refractivity contribution in [3.8, 4) is 17.6 Å². The Hall–Kier alpha value is -4.43. The van der Waals surface area contributed by atoms with Crippen LogP contribution in [0.15, 0.2) is 64.5 Å². The van der Waals surface area contributed by atoms with E-state index in [4.69, 9.17) is 19.9 Å². The lowest BCUT2D eigenvalue weighted by Crippen LogP contribution is -2.39. The second-order valence-electron chi connectivity index (χ2n) is 8.55. The van der Waals surface area contributed by atoms with Crippen LogP contribution in [0.4, 0.5) is 5.69 Å². The summed E-state index contributed by atoms with van der Waals surface area (Å²) < 4.78 is 15.6. The largest absolute Gasteiger partial charge is 0.497 e. The lowest BCUT2D eigenvalue weighted by atomic mass is 9.82. The molecule has 0 unspecified atom stereocenters. The van der Waals surface area contributed by atoms with Gasteiger partial charge in [-0.3, -0.25) is 19.3 Å². The van der Waals surface area contributed by atoms with Gasteiger partial charge >= 0.3 is 5.97 Å². The number of nitriles is 1. The Labute approximate surface area is 224 Å². The second-order valence-corrected chi connectivity index (χ2v) is 9.74. The van der Waals surface area contributed by atoms with E-state index in [2.05, 4.69) is 11.4 Å². The number of nitrogens with one attached hydrogen (secondary N) is 1. The summed E-state index contributed by atoms with van der Waals surface area (Å²) in [6, 6.07) is 14.3. The average molecular weight is 535 g/mol. The van der Waals surface area contributed by atoms with Crippen molar-refractivity contribution in [3.63, 3.8) is 0 Å². The van der Waals surface area contributed by atoms with Crippen molar-refractivity contribution in [2.24, 2.45) is 5.73 Å². The molecule has 196 valence electrons. The number of benzene rings is 2. The third-order valence-electron chi connectivity index (χ3n) is 6.28. The summed E-state index contributed by atoms with van der Waals surface area (Å²) in [4.78, 5) is 40.4. The van der Waals surface area contributed by atoms with Crippen LogP contribution in [0.2, 0.25) is 0 Å². The number of anilines is 1. The highest BCUT2D eigenvalue weighted by Gasteiger charge is 2.49. The fourth-order valence-electron chi connectivity index (χ4n) is 4.35. The van der Waals surface area contributed by atoms with E-state index in [9.17, 15) is 19.6 Å². The Bertz CT molecular complexity index is 1410. The molecule has 0 radical (unpaired) electrons. The standard InChI is InChI=1S/C27H26N4O6S/c1-14-5-7-15(8-6-14)30-25(33)23-22(17-10-9-16(35-2)11-19(17)36-3)18(13-28)24(29)31-26(34)20(38-27(23)31)12-21(32)37-4/h5-11,20,22H,12,29H2,1-4H3,(H,30,33)/t20-,22+/m0/s1. The SMILES string of the molecule is COC(=O)C[C@@H]1SC2=C(C(=O)Nc3ccc(C)cc3)[C@H](c3ccc(OC)cc3OC)C(C#N)=C(N)N2C1=O. The smallest absolute Gasteiger partial charge is 0.307 e. The highest BCUT2D eigenvalue weighted by atomic mass is 32.2. The summed E-state index contributed by atoms with van der Waals surface area (Å²) in [7, 11) is 4.20. The maximum absolute atomic E-state index is 13.9. The number of carbonyl (C=O) groups is 3. The molecule has 0 aromatic heterocycles. The molecule has 2 amide bonds. The summed E-state index contributed by atoms with van der Waals surface area (Å²) in [6.45, 7) is 1.93. The Balaban J connectivity index is 1.92. The lowest BCUT2D eigenvalue weighted by Gasteiger charge is -2.32. The highest BCUT2D eigenvalue weighted by molar-refractivity contribution is 8.04. The molecule has 1 saturated heterocycles. The number of aryl methyl sites for hydroxylation is 1. The maximum Gasteiger partial charge on any atom is 0.307 e. The number of carbonyl (C=O) groups excluding carboxylic acids is 3. The fourth-order valence-corrected chi connectivity index (χ4v) is 5.67. The molecule has 2 atom stereocenters. The first-order chi connectivity index (χ1) is 18.2. The molecular formula is C27H26N4O6S. The van der Waals surface area contributed by atoms with Crippen molar-refractivity contribution in [2.75, 3.05) is 26.6 Å². The first-order valence-corrected chi connectivity index (χ1v) is 12.4. The zero-order valence-corrected chi connectivity index (χ0v) is 22.0. The number of rotatable bonds is 7. The molecule has 0 saturated carbocycles. The van der Waals surface area contributed by atoms with E-state index in [1.54, 1.807) is 30.3 Å². The Morgan fingerprint density at radius 2 is 1.84 bits per heavy atom. The second kappa shape index (κ2) is 10.9. The number of fused-ring (bicyclic) bond motifs is 1. The number of methoxy groups -OCH3 is 3. The number of allylic oxidation sites excluding steroid dienone is 1. The summed E-state index contributed by atoms with van der Waals surface area (Å²) in [5, 5.41) is 12.4.